The molecule has 0 bridgehead atoms. The molecule has 0 fully saturated rings. The van der Waals surface area contributed by atoms with Gasteiger partial charge in [0.1, 0.15) is 0 Å². The van der Waals surface area contributed by atoms with E-state index in [1.807, 2.05) is 62.6 Å². The van der Waals surface area contributed by atoms with Crippen molar-refractivity contribution in [2.75, 3.05) is 18.2 Å². The summed E-state index contributed by atoms with van der Waals surface area (Å²) in [5.74, 6) is -0.753. The van der Waals surface area contributed by atoms with E-state index in [9.17, 15) is 9.59 Å². The van der Waals surface area contributed by atoms with E-state index in [1.165, 1.54) is 5.56 Å². The van der Waals surface area contributed by atoms with Gasteiger partial charge in [0.25, 0.3) is 5.91 Å². The average Bonchev–Trinajstić information content (AvgIpc) is 2.57. The Labute approximate surface area is 146 Å². The number of hydrogen-bond donors (Lipinski definition) is 1. The molecule has 0 aliphatic carbocycles. The van der Waals surface area contributed by atoms with E-state index in [0.717, 1.165) is 21.7 Å². The minimum atomic E-state index is -0.411. The molecule has 0 atom stereocenters. The van der Waals surface area contributed by atoms with Gasteiger partial charge in [-0.05, 0) is 48.9 Å². The number of aryl methyl sites for hydroxylation is 2. The number of hydrogen-bond acceptors (Lipinski definition) is 4. The van der Waals surface area contributed by atoms with Gasteiger partial charge in [0.2, 0.25) is 0 Å². The monoisotopic (exact) mass is 343 g/mol. The highest BCUT2D eigenvalue weighted by atomic mass is 32.2. The number of amides is 1. The van der Waals surface area contributed by atoms with Gasteiger partial charge in [0.15, 0.2) is 6.61 Å². The van der Waals surface area contributed by atoms with Gasteiger partial charge in [-0.2, -0.15) is 0 Å². The lowest BCUT2D eigenvalue weighted by Crippen LogP contribution is -2.22. The predicted molar refractivity (Wildman–Crippen MR) is 97.4 cm³/mol. The molecule has 0 aliphatic heterocycles. The molecule has 0 unspecified atom stereocenters. The summed E-state index contributed by atoms with van der Waals surface area (Å²) in [6.45, 7) is 3.74. The molecule has 4 nitrogen and oxygen atoms in total. The Morgan fingerprint density at radius 1 is 1.08 bits per heavy atom. The fraction of sp³-hybridized carbons (Fsp3) is 0.263. The van der Waals surface area contributed by atoms with E-state index in [-0.39, 0.29) is 18.9 Å². The van der Waals surface area contributed by atoms with E-state index in [4.69, 9.17) is 4.74 Å². The molecule has 0 aliphatic rings. The second kappa shape index (κ2) is 8.55. The summed E-state index contributed by atoms with van der Waals surface area (Å²) in [6, 6.07) is 13.3. The number of carbonyl (C=O) groups is 2. The van der Waals surface area contributed by atoms with Crippen molar-refractivity contribution in [3.05, 3.63) is 59.2 Å². The number of para-hydroxylation sites is 1. The Bertz CT molecular complexity index is 743. The second-order valence-corrected chi connectivity index (χ2v) is 6.35. The average molecular weight is 343 g/mol. The summed E-state index contributed by atoms with van der Waals surface area (Å²) < 4.78 is 5.07. The van der Waals surface area contributed by atoms with Gasteiger partial charge in [0, 0.05) is 4.90 Å². The molecule has 2 aromatic carbocycles. The molecule has 0 saturated heterocycles. The first kappa shape index (κ1) is 18.1. The van der Waals surface area contributed by atoms with Gasteiger partial charge in [-0.3, -0.25) is 9.59 Å². The molecule has 0 saturated carbocycles. The summed E-state index contributed by atoms with van der Waals surface area (Å²) >= 11 is 1.54. The van der Waals surface area contributed by atoms with Crippen molar-refractivity contribution in [1.82, 2.24) is 0 Å². The lowest BCUT2D eigenvalue weighted by Gasteiger charge is -2.10. The third-order valence-electron chi connectivity index (χ3n) is 3.67. The number of thioether (sulfide) groups is 1. The third kappa shape index (κ3) is 5.13. The highest BCUT2D eigenvalue weighted by Crippen LogP contribution is 2.24. The summed E-state index contributed by atoms with van der Waals surface area (Å²) in [7, 11) is 0. The molecule has 1 N–H and O–H groups in total. The van der Waals surface area contributed by atoms with Crippen LogP contribution in [0.1, 0.15) is 16.7 Å². The van der Waals surface area contributed by atoms with Crippen LogP contribution < -0.4 is 5.32 Å². The summed E-state index contributed by atoms with van der Waals surface area (Å²) in [5.41, 5.74) is 3.92. The number of anilines is 1. The van der Waals surface area contributed by atoms with E-state index in [0.29, 0.717) is 0 Å². The summed E-state index contributed by atoms with van der Waals surface area (Å²) in [5, 5.41) is 2.76. The van der Waals surface area contributed by atoms with Crippen LogP contribution in [-0.2, 0) is 20.7 Å². The molecule has 0 radical (unpaired) electrons. The van der Waals surface area contributed by atoms with E-state index in [2.05, 4.69) is 5.32 Å². The van der Waals surface area contributed by atoms with Crippen molar-refractivity contribution in [2.45, 2.75) is 25.2 Å². The maximum absolute atomic E-state index is 11.9. The Hall–Kier alpha value is -2.27. The Morgan fingerprint density at radius 2 is 1.83 bits per heavy atom. The van der Waals surface area contributed by atoms with Crippen molar-refractivity contribution in [1.29, 1.82) is 0 Å². The Kier molecular flexibility index (Phi) is 6.44. The Balaban J connectivity index is 1.84. The zero-order chi connectivity index (χ0) is 17.5. The fourth-order valence-corrected chi connectivity index (χ4v) is 2.77. The molecule has 0 spiro atoms. The molecule has 0 heterocycles. The van der Waals surface area contributed by atoms with Crippen LogP contribution in [-0.4, -0.2) is 24.7 Å². The largest absolute Gasteiger partial charge is 0.455 e. The van der Waals surface area contributed by atoms with Crippen LogP contribution >= 0.6 is 11.8 Å². The van der Waals surface area contributed by atoms with Gasteiger partial charge < -0.3 is 10.1 Å². The lowest BCUT2D eigenvalue weighted by atomic mass is 10.0. The maximum atomic E-state index is 11.9. The van der Waals surface area contributed by atoms with Crippen molar-refractivity contribution >= 4 is 29.3 Å². The van der Waals surface area contributed by atoms with Crippen molar-refractivity contribution in [2.24, 2.45) is 0 Å². The molecular formula is C19H21NO3S. The molecule has 126 valence electrons. The van der Waals surface area contributed by atoms with Crippen LogP contribution in [0.2, 0.25) is 0 Å². The smallest absolute Gasteiger partial charge is 0.310 e. The van der Waals surface area contributed by atoms with E-state index < -0.39 is 5.97 Å². The van der Waals surface area contributed by atoms with Crippen LogP contribution in [0, 0.1) is 13.8 Å². The highest BCUT2D eigenvalue weighted by Gasteiger charge is 2.10. The molecule has 1 amide bonds. The fourth-order valence-electron chi connectivity index (χ4n) is 2.21. The highest BCUT2D eigenvalue weighted by molar-refractivity contribution is 7.98. The number of rotatable bonds is 6. The quantitative estimate of drug-likeness (QED) is 0.641. The van der Waals surface area contributed by atoms with Crippen LogP contribution in [0.25, 0.3) is 0 Å². The predicted octanol–water partition coefficient (Wildman–Crippen LogP) is 3.75. The third-order valence-corrected chi connectivity index (χ3v) is 4.46. The summed E-state index contributed by atoms with van der Waals surface area (Å²) in [6.07, 6.45) is 2.10. The number of nitrogens with one attached hydrogen (secondary N) is 1. The normalized spacial score (nSPS) is 10.3. The topological polar surface area (TPSA) is 55.4 Å². The van der Waals surface area contributed by atoms with Gasteiger partial charge >= 0.3 is 5.97 Å². The van der Waals surface area contributed by atoms with Crippen LogP contribution in [0.5, 0.6) is 0 Å². The van der Waals surface area contributed by atoms with Gasteiger partial charge in [-0.25, -0.2) is 0 Å². The first-order valence-corrected chi connectivity index (χ1v) is 8.86. The van der Waals surface area contributed by atoms with Crippen LogP contribution in [0.15, 0.2) is 47.4 Å². The number of benzene rings is 2. The molecule has 0 aromatic heterocycles. The van der Waals surface area contributed by atoms with Gasteiger partial charge in [-0.15, -0.1) is 11.8 Å². The zero-order valence-electron chi connectivity index (χ0n) is 14.1. The van der Waals surface area contributed by atoms with Crippen LogP contribution in [0.3, 0.4) is 0 Å². The molecule has 2 rings (SSSR count). The van der Waals surface area contributed by atoms with Crippen molar-refractivity contribution in [3.8, 4) is 0 Å². The SMILES string of the molecule is CSc1ccccc1NC(=O)COC(=O)Cc1ccc(C)c(C)c1. The zero-order valence-corrected chi connectivity index (χ0v) is 14.9. The van der Waals surface area contributed by atoms with Crippen molar-refractivity contribution in [3.63, 3.8) is 0 Å². The van der Waals surface area contributed by atoms with E-state index in [1.54, 1.807) is 11.8 Å². The number of carbonyl (C=O) groups excluding carboxylic acids is 2. The minimum Gasteiger partial charge on any atom is -0.455 e. The van der Waals surface area contributed by atoms with Crippen molar-refractivity contribution < 1.29 is 14.3 Å². The maximum Gasteiger partial charge on any atom is 0.310 e. The number of ether oxygens (including phenoxy) is 1. The Morgan fingerprint density at radius 3 is 2.54 bits per heavy atom. The van der Waals surface area contributed by atoms with Gasteiger partial charge in [0.05, 0.1) is 12.1 Å². The van der Waals surface area contributed by atoms with Crippen LogP contribution in [0.4, 0.5) is 5.69 Å². The minimum absolute atomic E-state index is 0.162. The molecule has 24 heavy (non-hydrogen) atoms. The number of esters is 1. The second-order valence-electron chi connectivity index (χ2n) is 5.50. The first-order valence-electron chi connectivity index (χ1n) is 7.64. The van der Waals surface area contributed by atoms with E-state index >= 15 is 0 Å². The molecule has 5 heteroatoms. The first-order chi connectivity index (χ1) is 11.5. The molecule has 2 aromatic rings. The standard InChI is InChI=1S/C19H21NO3S/c1-13-8-9-15(10-14(13)2)11-19(22)23-12-18(21)20-16-6-4-5-7-17(16)24-3/h4-10H,11-12H2,1-3H3,(H,20,21). The summed E-state index contributed by atoms with van der Waals surface area (Å²) in [4.78, 5) is 24.8. The lowest BCUT2D eigenvalue weighted by molar-refractivity contribution is -0.146. The molecular weight excluding hydrogens is 322 g/mol. The van der Waals surface area contributed by atoms with Gasteiger partial charge in [-0.1, -0.05) is 30.3 Å².